The van der Waals surface area contributed by atoms with Crippen LogP contribution >= 0.6 is 0 Å². The highest BCUT2D eigenvalue weighted by Crippen LogP contribution is 2.31. The van der Waals surface area contributed by atoms with E-state index in [4.69, 9.17) is 5.73 Å². The monoisotopic (exact) mass is 290 g/mol. The average molecular weight is 290 g/mol. The van der Waals surface area contributed by atoms with Crippen molar-refractivity contribution in [2.75, 3.05) is 36.5 Å². The molecule has 116 valence electrons. The van der Waals surface area contributed by atoms with Crippen LogP contribution in [0.4, 0.5) is 11.4 Å². The standard InChI is InChI=1S/C16H26N4O/c1-12(2)18-13(16(17)21)8-9-20-11-10-19(3)14-6-4-5-7-15(14)20/h4-7,12-13,18H,8-11H2,1-3H3,(H2,17,21). The van der Waals surface area contributed by atoms with Crippen LogP contribution in [0.3, 0.4) is 0 Å². The third-order valence-corrected chi connectivity index (χ3v) is 3.90. The molecular formula is C16H26N4O. The lowest BCUT2D eigenvalue weighted by atomic mass is 10.1. The minimum Gasteiger partial charge on any atom is -0.371 e. The van der Waals surface area contributed by atoms with E-state index in [0.717, 1.165) is 26.1 Å². The Morgan fingerprint density at radius 2 is 1.95 bits per heavy atom. The molecule has 0 fully saturated rings. The second kappa shape index (κ2) is 6.80. The van der Waals surface area contributed by atoms with Gasteiger partial charge in [0.05, 0.1) is 17.4 Å². The molecule has 1 aliphatic heterocycles. The summed E-state index contributed by atoms with van der Waals surface area (Å²) in [5, 5.41) is 3.24. The topological polar surface area (TPSA) is 61.6 Å². The Labute approximate surface area is 127 Å². The molecular weight excluding hydrogens is 264 g/mol. The summed E-state index contributed by atoms with van der Waals surface area (Å²) in [7, 11) is 2.11. The molecule has 3 N–H and O–H groups in total. The van der Waals surface area contributed by atoms with Gasteiger partial charge in [0.1, 0.15) is 0 Å². The average Bonchev–Trinajstić information content (AvgIpc) is 2.45. The van der Waals surface area contributed by atoms with Crippen LogP contribution in [0.5, 0.6) is 0 Å². The molecule has 0 aliphatic carbocycles. The Morgan fingerprint density at radius 3 is 2.57 bits per heavy atom. The van der Waals surface area contributed by atoms with E-state index in [0.29, 0.717) is 0 Å². The van der Waals surface area contributed by atoms with Crippen LogP contribution in [-0.2, 0) is 4.79 Å². The highest BCUT2D eigenvalue weighted by atomic mass is 16.1. The second-order valence-electron chi connectivity index (χ2n) is 5.96. The smallest absolute Gasteiger partial charge is 0.234 e. The van der Waals surface area contributed by atoms with Gasteiger partial charge in [-0.25, -0.2) is 0 Å². The lowest BCUT2D eigenvalue weighted by molar-refractivity contribution is -0.120. The first-order chi connectivity index (χ1) is 9.99. The number of hydrogen-bond donors (Lipinski definition) is 2. The summed E-state index contributed by atoms with van der Waals surface area (Å²) >= 11 is 0. The normalized spacial score (nSPS) is 16.0. The molecule has 1 aromatic carbocycles. The van der Waals surface area contributed by atoms with Crippen LogP contribution < -0.4 is 20.9 Å². The van der Waals surface area contributed by atoms with Gasteiger partial charge in [-0.15, -0.1) is 0 Å². The Balaban J connectivity index is 2.03. The molecule has 0 saturated carbocycles. The fourth-order valence-electron chi connectivity index (χ4n) is 2.79. The van der Waals surface area contributed by atoms with Gasteiger partial charge in [0.2, 0.25) is 5.91 Å². The molecule has 0 aromatic heterocycles. The summed E-state index contributed by atoms with van der Waals surface area (Å²) in [5.74, 6) is -0.272. The SMILES string of the molecule is CC(C)NC(CCN1CCN(C)c2ccccc21)C(N)=O. The molecule has 1 amide bonds. The maximum Gasteiger partial charge on any atom is 0.234 e. The number of hydrogen-bond acceptors (Lipinski definition) is 4. The van der Waals surface area contributed by atoms with E-state index in [1.165, 1.54) is 11.4 Å². The Hall–Kier alpha value is -1.75. The maximum absolute atomic E-state index is 11.5. The van der Waals surface area contributed by atoms with Gasteiger partial charge in [0, 0.05) is 32.7 Å². The Kier molecular flexibility index (Phi) is 5.07. The van der Waals surface area contributed by atoms with Crippen molar-refractivity contribution in [2.45, 2.75) is 32.4 Å². The van der Waals surface area contributed by atoms with Crippen molar-refractivity contribution in [3.8, 4) is 0 Å². The first-order valence-corrected chi connectivity index (χ1v) is 7.59. The summed E-state index contributed by atoms with van der Waals surface area (Å²) < 4.78 is 0. The number of para-hydroxylation sites is 2. The Morgan fingerprint density at radius 1 is 1.29 bits per heavy atom. The number of anilines is 2. The van der Waals surface area contributed by atoms with Crippen molar-refractivity contribution in [2.24, 2.45) is 5.73 Å². The minimum atomic E-state index is -0.272. The summed E-state index contributed by atoms with van der Waals surface area (Å²) in [4.78, 5) is 16.1. The molecule has 21 heavy (non-hydrogen) atoms. The van der Waals surface area contributed by atoms with E-state index in [1.807, 2.05) is 13.8 Å². The molecule has 0 radical (unpaired) electrons. The third-order valence-electron chi connectivity index (χ3n) is 3.90. The lowest BCUT2D eigenvalue weighted by Gasteiger charge is -2.37. The molecule has 0 bridgehead atoms. The van der Waals surface area contributed by atoms with Crippen molar-refractivity contribution < 1.29 is 4.79 Å². The number of amides is 1. The van der Waals surface area contributed by atoms with E-state index in [1.54, 1.807) is 0 Å². The number of nitrogens with zero attached hydrogens (tertiary/aromatic N) is 2. The lowest BCUT2D eigenvalue weighted by Crippen LogP contribution is -2.47. The molecule has 0 saturated heterocycles. The first-order valence-electron chi connectivity index (χ1n) is 7.59. The summed E-state index contributed by atoms with van der Waals surface area (Å²) in [6.07, 6.45) is 0.728. The minimum absolute atomic E-state index is 0.252. The number of nitrogens with one attached hydrogen (secondary N) is 1. The van der Waals surface area contributed by atoms with Gasteiger partial charge in [0.25, 0.3) is 0 Å². The van der Waals surface area contributed by atoms with E-state index in [2.05, 4.69) is 46.4 Å². The summed E-state index contributed by atoms with van der Waals surface area (Å²) in [6, 6.07) is 8.38. The molecule has 1 heterocycles. The van der Waals surface area contributed by atoms with Crippen LogP contribution in [-0.4, -0.2) is 44.7 Å². The highest BCUT2D eigenvalue weighted by Gasteiger charge is 2.22. The van der Waals surface area contributed by atoms with E-state index in [9.17, 15) is 4.79 Å². The number of carbonyl (C=O) groups excluding carboxylic acids is 1. The van der Waals surface area contributed by atoms with Gasteiger partial charge in [-0.2, -0.15) is 0 Å². The van der Waals surface area contributed by atoms with E-state index >= 15 is 0 Å². The predicted octanol–water partition coefficient (Wildman–Crippen LogP) is 1.18. The molecule has 1 atom stereocenters. The van der Waals surface area contributed by atoms with Crippen LogP contribution in [0.25, 0.3) is 0 Å². The second-order valence-corrected chi connectivity index (χ2v) is 5.96. The number of nitrogens with two attached hydrogens (primary N) is 1. The zero-order valence-corrected chi connectivity index (χ0v) is 13.2. The third kappa shape index (κ3) is 3.88. The first kappa shape index (κ1) is 15.6. The number of fused-ring (bicyclic) bond motifs is 1. The number of rotatable bonds is 6. The van der Waals surface area contributed by atoms with E-state index < -0.39 is 0 Å². The zero-order chi connectivity index (χ0) is 15.4. The van der Waals surface area contributed by atoms with Gasteiger partial charge in [-0.3, -0.25) is 4.79 Å². The van der Waals surface area contributed by atoms with Gasteiger partial charge in [-0.1, -0.05) is 26.0 Å². The molecule has 1 unspecified atom stereocenters. The fraction of sp³-hybridized carbons (Fsp3) is 0.562. The molecule has 5 nitrogen and oxygen atoms in total. The van der Waals surface area contributed by atoms with Gasteiger partial charge < -0.3 is 20.9 Å². The molecule has 2 rings (SSSR count). The number of carbonyl (C=O) groups is 1. The van der Waals surface area contributed by atoms with Gasteiger partial charge in [0.15, 0.2) is 0 Å². The quantitative estimate of drug-likeness (QED) is 0.826. The summed E-state index contributed by atoms with van der Waals surface area (Å²) in [6.45, 7) is 6.86. The van der Waals surface area contributed by atoms with Crippen molar-refractivity contribution in [1.29, 1.82) is 0 Å². The van der Waals surface area contributed by atoms with Crippen molar-refractivity contribution >= 4 is 17.3 Å². The van der Waals surface area contributed by atoms with Crippen LogP contribution in [0.2, 0.25) is 0 Å². The van der Waals surface area contributed by atoms with Crippen molar-refractivity contribution in [3.63, 3.8) is 0 Å². The van der Waals surface area contributed by atoms with Gasteiger partial charge >= 0.3 is 0 Å². The summed E-state index contributed by atoms with van der Waals surface area (Å²) in [5.41, 5.74) is 7.97. The zero-order valence-electron chi connectivity index (χ0n) is 13.2. The van der Waals surface area contributed by atoms with Crippen molar-refractivity contribution in [1.82, 2.24) is 5.32 Å². The van der Waals surface area contributed by atoms with Gasteiger partial charge in [-0.05, 0) is 18.6 Å². The maximum atomic E-state index is 11.5. The number of primary amides is 1. The number of benzene rings is 1. The molecule has 1 aliphatic rings. The van der Waals surface area contributed by atoms with E-state index in [-0.39, 0.29) is 18.0 Å². The molecule has 5 heteroatoms. The number of likely N-dealkylation sites (N-methyl/N-ethyl adjacent to an activating group) is 1. The fourth-order valence-corrected chi connectivity index (χ4v) is 2.79. The van der Waals surface area contributed by atoms with Crippen molar-refractivity contribution in [3.05, 3.63) is 24.3 Å². The molecule has 0 spiro atoms. The highest BCUT2D eigenvalue weighted by molar-refractivity contribution is 5.80. The largest absolute Gasteiger partial charge is 0.371 e. The predicted molar refractivity (Wildman–Crippen MR) is 87.8 cm³/mol. The van der Waals surface area contributed by atoms with Crippen LogP contribution in [0.1, 0.15) is 20.3 Å². The van der Waals surface area contributed by atoms with Crippen LogP contribution in [0, 0.1) is 0 Å². The molecule has 1 aromatic rings. The van der Waals surface area contributed by atoms with Crippen LogP contribution in [0.15, 0.2) is 24.3 Å². The Bertz CT molecular complexity index is 489.